The first-order chi connectivity index (χ1) is 42.2. The maximum atomic E-state index is 16.9. The van der Waals surface area contributed by atoms with Crippen LogP contribution in [0.1, 0.15) is 0 Å². The van der Waals surface area contributed by atoms with Gasteiger partial charge in [-0.05, 0) is 99.5 Å². The summed E-state index contributed by atoms with van der Waals surface area (Å²) in [5.74, 6) is -5.44. The largest absolute Gasteiger partial charge is 0.458 e. The van der Waals surface area contributed by atoms with E-state index in [1.54, 1.807) is 9.80 Å². The molecule has 0 N–H and O–H groups in total. The van der Waals surface area contributed by atoms with Crippen LogP contribution in [0.25, 0.3) is 55.0 Å². The standard InChI is InChI=1S/C72H39B2F6N5O/c75-40-30-53(77)71(54(78)31-40)84-61-28-14-8-22-49(61)73-51-38-52-67(39-63(51)81(42-16-2-1-3-17-42)64-34-43(35-65(84)69(64)73)82-57-24-10-4-18-45(57)46-19-5-11-25-58(46)82)86-68-37-44(83-59-26-12-6-20-47(59)48-21-7-13-27-60(48)83)36-66-70(68)74(52)50-23-9-15-29-62(50)85(66)72-55(79)32-41(76)33-56(72)80/h1-39H. The van der Waals surface area contributed by atoms with Gasteiger partial charge in [-0.15, -0.1) is 0 Å². The second-order valence-corrected chi connectivity index (χ2v) is 22.3. The molecule has 12 aromatic carbocycles. The molecular formula is C72H39B2F6N5O. The molecule has 0 bridgehead atoms. The molecule has 0 amide bonds. The number of benzene rings is 12. The van der Waals surface area contributed by atoms with Gasteiger partial charge in [-0.25, -0.2) is 26.3 Å². The molecule has 0 saturated heterocycles. The fourth-order valence-electron chi connectivity index (χ4n) is 14.6. The molecule has 406 valence electrons. The number of para-hydroxylation sites is 7. The first-order valence-corrected chi connectivity index (χ1v) is 28.3. The van der Waals surface area contributed by atoms with E-state index < -0.39 is 59.7 Å². The molecule has 14 aromatic rings. The zero-order valence-electron chi connectivity index (χ0n) is 45.1. The van der Waals surface area contributed by atoms with Crippen LogP contribution in [0.5, 0.6) is 11.5 Å². The maximum absolute atomic E-state index is 16.9. The van der Waals surface area contributed by atoms with E-state index in [9.17, 15) is 4.39 Å². The van der Waals surface area contributed by atoms with Gasteiger partial charge in [0.05, 0.1) is 33.4 Å². The Balaban J connectivity index is 0.946. The summed E-state index contributed by atoms with van der Waals surface area (Å²) in [5, 5.41) is 4.05. The summed E-state index contributed by atoms with van der Waals surface area (Å²) >= 11 is 0. The molecule has 0 radical (unpaired) electrons. The number of hydrogen-bond acceptors (Lipinski definition) is 4. The second kappa shape index (κ2) is 17.8. The van der Waals surface area contributed by atoms with E-state index in [4.69, 9.17) is 4.74 Å². The minimum Gasteiger partial charge on any atom is -0.458 e. The van der Waals surface area contributed by atoms with Crippen molar-refractivity contribution in [1.82, 2.24) is 9.13 Å². The van der Waals surface area contributed by atoms with Gasteiger partial charge in [0.15, 0.2) is 23.3 Å². The van der Waals surface area contributed by atoms with Gasteiger partial charge in [-0.1, -0.05) is 133 Å². The Morgan fingerprint density at radius 2 is 0.674 bits per heavy atom. The fraction of sp³-hybridized carbons (Fsp3) is 0. The Bertz CT molecular complexity index is 5170. The lowest BCUT2D eigenvalue weighted by molar-refractivity contribution is 0.487. The Labute approximate surface area is 488 Å². The smallest absolute Gasteiger partial charge is 0.256 e. The van der Waals surface area contributed by atoms with Crippen molar-refractivity contribution in [3.63, 3.8) is 0 Å². The molecule has 6 nitrogen and oxygen atoms in total. The van der Waals surface area contributed by atoms with Crippen molar-refractivity contribution in [1.29, 1.82) is 0 Å². The van der Waals surface area contributed by atoms with Crippen molar-refractivity contribution < 1.29 is 31.1 Å². The molecule has 6 heterocycles. The monoisotopic (exact) mass is 1130 g/mol. The summed E-state index contributed by atoms with van der Waals surface area (Å²) < 4.78 is 109. The van der Waals surface area contributed by atoms with Gasteiger partial charge in [-0.3, -0.25) is 0 Å². The quantitative estimate of drug-likeness (QED) is 0.127. The van der Waals surface area contributed by atoms with Gasteiger partial charge in [0.1, 0.15) is 34.5 Å². The molecular weight excluding hydrogens is 1090 g/mol. The van der Waals surface area contributed by atoms with Gasteiger partial charge in [0.25, 0.3) is 13.4 Å². The van der Waals surface area contributed by atoms with E-state index >= 15 is 22.0 Å². The topological polar surface area (TPSA) is 28.8 Å². The number of aromatic nitrogens is 2. The van der Waals surface area contributed by atoms with Crippen molar-refractivity contribution >= 4 is 141 Å². The van der Waals surface area contributed by atoms with Crippen LogP contribution < -0.4 is 52.2 Å². The van der Waals surface area contributed by atoms with Gasteiger partial charge in [0, 0.05) is 97.8 Å². The zero-order chi connectivity index (χ0) is 57.4. The van der Waals surface area contributed by atoms with E-state index in [0.717, 1.165) is 82.5 Å². The molecule has 0 saturated carbocycles. The summed E-state index contributed by atoms with van der Waals surface area (Å²) in [5.41, 5.74) is 12.6. The van der Waals surface area contributed by atoms with Crippen LogP contribution in [0.2, 0.25) is 0 Å². The maximum Gasteiger partial charge on any atom is 0.256 e. The van der Waals surface area contributed by atoms with E-state index in [2.05, 4.69) is 68.6 Å². The molecule has 4 aliphatic heterocycles. The summed E-state index contributed by atoms with van der Waals surface area (Å²) in [6.07, 6.45) is 0. The highest BCUT2D eigenvalue weighted by molar-refractivity contribution is 7.02. The molecule has 0 fully saturated rings. The number of halogens is 6. The van der Waals surface area contributed by atoms with E-state index in [1.807, 2.05) is 158 Å². The lowest BCUT2D eigenvalue weighted by Crippen LogP contribution is -2.64. The Morgan fingerprint density at radius 1 is 0.279 bits per heavy atom. The lowest BCUT2D eigenvalue weighted by atomic mass is 9.30. The Morgan fingerprint density at radius 3 is 1.16 bits per heavy atom. The number of rotatable bonds is 5. The van der Waals surface area contributed by atoms with Gasteiger partial charge < -0.3 is 28.6 Å². The summed E-state index contributed by atoms with van der Waals surface area (Å²) in [7, 11) is 0. The third-order valence-corrected chi connectivity index (χ3v) is 17.8. The highest BCUT2D eigenvalue weighted by atomic mass is 19.2. The predicted octanol–water partition coefficient (Wildman–Crippen LogP) is 15.2. The van der Waals surface area contributed by atoms with Crippen LogP contribution in [-0.4, -0.2) is 22.6 Å². The third kappa shape index (κ3) is 6.66. The van der Waals surface area contributed by atoms with Crippen molar-refractivity contribution in [2.45, 2.75) is 0 Å². The predicted molar refractivity (Wildman–Crippen MR) is 335 cm³/mol. The van der Waals surface area contributed by atoms with E-state index in [-0.39, 0.29) is 0 Å². The van der Waals surface area contributed by atoms with Crippen LogP contribution in [0.15, 0.2) is 237 Å². The molecule has 0 aliphatic carbocycles. The number of ether oxygens (including phenoxy) is 1. The average molecular weight is 1130 g/mol. The zero-order valence-corrected chi connectivity index (χ0v) is 45.1. The fourth-order valence-corrected chi connectivity index (χ4v) is 14.6. The average Bonchev–Trinajstić information content (AvgIpc) is 0.758. The molecule has 0 unspecified atom stereocenters. The normalized spacial score (nSPS) is 13.4. The molecule has 18 rings (SSSR count). The minimum absolute atomic E-state index is 0.425. The van der Waals surface area contributed by atoms with Gasteiger partial charge >= 0.3 is 0 Å². The van der Waals surface area contributed by atoms with E-state index in [1.165, 1.54) is 0 Å². The lowest BCUT2D eigenvalue weighted by Gasteiger charge is -2.45. The van der Waals surface area contributed by atoms with E-state index in [0.29, 0.717) is 80.8 Å². The summed E-state index contributed by atoms with van der Waals surface area (Å²) in [6.45, 7) is -1.20. The van der Waals surface area contributed by atoms with Crippen LogP contribution in [0.4, 0.5) is 77.5 Å². The summed E-state index contributed by atoms with van der Waals surface area (Å²) in [6, 6.07) is 72.6. The first kappa shape index (κ1) is 48.7. The van der Waals surface area contributed by atoms with Crippen molar-refractivity contribution in [3.05, 3.63) is 271 Å². The van der Waals surface area contributed by atoms with Crippen molar-refractivity contribution in [2.75, 3.05) is 14.7 Å². The highest BCUT2D eigenvalue weighted by Gasteiger charge is 2.49. The van der Waals surface area contributed by atoms with Crippen molar-refractivity contribution in [3.8, 4) is 22.9 Å². The second-order valence-electron chi connectivity index (χ2n) is 22.3. The van der Waals surface area contributed by atoms with Crippen LogP contribution in [0, 0.1) is 34.9 Å². The number of fused-ring (bicyclic) bond motifs is 14. The molecule has 0 spiro atoms. The van der Waals surface area contributed by atoms with Crippen LogP contribution in [0.3, 0.4) is 0 Å². The van der Waals surface area contributed by atoms with Gasteiger partial charge in [0.2, 0.25) is 0 Å². The molecule has 0 atom stereocenters. The number of hydrogen-bond donors (Lipinski definition) is 0. The highest BCUT2D eigenvalue weighted by Crippen LogP contribution is 2.50. The molecule has 14 heteroatoms. The molecule has 2 aromatic heterocycles. The first-order valence-electron chi connectivity index (χ1n) is 28.3. The third-order valence-electron chi connectivity index (χ3n) is 17.8. The Hall–Kier alpha value is -10.9. The Kier molecular flexibility index (Phi) is 10.1. The minimum atomic E-state index is -1.08. The van der Waals surface area contributed by atoms with Crippen LogP contribution >= 0.6 is 0 Å². The molecule has 86 heavy (non-hydrogen) atoms. The molecule has 4 aliphatic rings. The number of nitrogens with zero attached hydrogens (tertiary/aromatic N) is 5. The van der Waals surface area contributed by atoms with Crippen LogP contribution in [-0.2, 0) is 0 Å². The SMILES string of the molecule is Fc1cc(F)c(N2c3ccccc3B3c4cc5c(cc4Oc4cc(-n6c7ccccc7c7ccccc76)cc2c43)N(c2ccccc2)c2cc(-n3c4ccccc4c4ccccc43)cc3c2B5c2ccccc2N3c2c(F)cc(F)cc2F)c(F)c1. The van der Waals surface area contributed by atoms with Gasteiger partial charge in [-0.2, -0.15) is 0 Å². The summed E-state index contributed by atoms with van der Waals surface area (Å²) in [4.78, 5) is 5.33. The van der Waals surface area contributed by atoms with Crippen molar-refractivity contribution in [2.24, 2.45) is 0 Å². The number of anilines is 9.